The van der Waals surface area contributed by atoms with E-state index in [1.807, 2.05) is 6.92 Å². The average Bonchev–Trinajstić information content (AvgIpc) is 1.99. The molecule has 0 aliphatic carbocycles. The summed E-state index contributed by atoms with van der Waals surface area (Å²) in [5.74, 6) is -0.395. The molecular formula is C7H15NO3. The Morgan fingerprint density at radius 1 is 1.55 bits per heavy atom. The summed E-state index contributed by atoms with van der Waals surface area (Å²) in [5.41, 5.74) is 5.25. The highest BCUT2D eigenvalue weighted by molar-refractivity contribution is 5.74. The molecule has 66 valence electrons. The summed E-state index contributed by atoms with van der Waals surface area (Å²) < 4.78 is 9.63. The quantitative estimate of drug-likeness (QED) is 0.585. The fourth-order valence-electron chi connectivity index (χ4n) is 0.399. The lowest BCUT2D eigenvalue weighted by molar-refractivity contribution is -0.147. The number of rotatable bonds is 4. The normalized spacial score (nSPS) is 15.6. The molecule has 11 heavy (non-hydrogen) atoms. The van der Waals surface area contributed by atoms with E-state index in [4.69, 9.17) is 15.2 Å². The van der Waals surface area contributed by atoms with Crippen molar-refractivity contribution in [3.05, 3.63) is 0 Å². The highest BCUT2D eigenvalue weighted by atomic mass is 16.6. The Labute approximate surface area is 66.7 Å². The molecule has 0 heterocycles. The summed E-state index contributed by atoms with van der Waals surface area (Å²) >= 11 is 0. The molecule has 0 aliphatic heterocycles. The van der Waals surface area contributed by atoms with E-state index in [0.29, 0.717) is 0 Å². The minimum absolute atomic E-state index is 0.0716. The molecule has 0 fully saturated rings. The second-order valence-corrected chi connectivity index (χ2v) is 2.47. The minimum atomic E-state index is -0.556. The van der Waals surface area contributed by atoms with E-state index in [-0.39, 0.29) is 12.7 Å². The van der Waals surface area contributed by atoms with Crippen molar-refractivity contribution in [3.8, 4) is 0 Å². The third-order valence-corrected chi connectivity index (χ3v) is 1.23. The summed E-state index contributed by atoms with van der Waals surface area (Å²) in [5, 5.41) is 0. The third kappa shape index (κ3) is 4.75. The van der Waals surface area contributed by atoms with E-state index in [1.165, 1.54) is 0 Å². The molecule has 0 aromatic carbocycles. The van der Waals surface area contributed by atoms with Gasteiger partial charge in [-0.05, 0) is 13.8 Å². The zero-order chi connectivity index (χ0) is 8.85. The summed E-state index contributed by atoms with van der Waals surface area (Å²) in [6.45, 7) is 3.66. The Balaban J connectivity index is 3.46. The van der Waals surface area contributed by atoms with Crippen LogP contribution in [-0.2, 0) is 14.3 Å². The molecule has 0 bridgehead atoms. The van der Waals surface area contributed by atoms with Crippen LogP contribution < -0.4 is 5.73 Å². The maximum Gasteiger partial charge on any atom is 0.322 e. The van der Waals surface area contributed by atoms with Gasteiger partial charge >= 0.3 is 5.97 Å². The number of esters is 1. The predicted molar refractivity (Wildman–Crippen MR) is 41.1 cm³/mol. The molecule has 0 saturated heterocycles. The zero-order valence-corrected chi connectivity index (χ0v) is 7.16. The van der Waals surface area contributed by atoms with Gasteiger partial charge < -0.3 is 15.2 Å². The van der Waals surface area contributed by atoms with Crippen LogP contribution in [0.25, 0.3) is 0 Å². The van der Waals surface area contributed by atoms with E-state index >= 15 is 0 Å². The highest BCUT2D eigenvalue weighted by Gasteiger charge is 2.09. The van der Waals surface area contributed by atoms with Gasteiger partial charge in [-0.3, -0.25) is 4.79 Å². The molecule has 0 saturated carbocycles. The van der Waals surface area contributed by atoms with E-state index in [0.717, 1.165) is 0 Å². The summed E-state index contributed by atoms with van der Waals surface area (Å²) in [6, 6.07) is -0.556. The van der Waals surface area contributed by atoms with Crippen LogP contribution in [0.3, 0.4) is 0 Å². The monoisotopic (exact) mass is 161 g/mol. The van der Waals surface area contributed by atoms with Crippen LogP contribution in [0.15, 0.2) is 0 Å². The topological polar surface area (TPSA) is 61.5 Å². The van der Waals surface area contributed by atoms with Crippen molar-refractivity contribution in [1.82, 2.24) is 0 Å². The predicted octanol–water partition coefficient (Wildman–Crippen LogP) is -0.0883. The lowest BCUT2D eigenvalue weighted by Gasteiger charge is -2.11. The van der Waals surface area contributed by atoms with E-state index in [1.54, 1.807) is 14.0 Å². The molecule has 0 radical (unpaired) electrons. The number of carbonyl (C=O) groups is 1. The fraction of sp³-hybridized carbons (Fsp3) is 0.857. The second kappa shape index (κ2) is 5.09. The molecule has 4 nitrogen and oxygen atoms in total. The fourth-order valence-corrected chi connectivity index (χ4v) is 0.399. The molecule has 0 aromatic rings. The highest BCUT2D eigenvalue weighted by Crippen LogP contribution is 1.91. The molecule has 2 N–H and O–H groups in total. The lowest BCUT2D eigenvalue weighted by atomic mass is 10.4. The van der Waals surface area contributed by atoms with Crippen LogP contribution >= 0.6 is 0 Å². The van der Waals surface area contributed by atoms with E-state index in [2.05, 4.69) is 0 Å². The van der Waals surface area contributed by atoms with Crippen molar-refractivity contribution >= 4 is 5.97 Å². The van der Waals surface area contributed by atoms with Gasteiger partial charge in [0, 0.05) is 7.11 Å². The third-order valence-electron chi connectivity index (χ3n) is 1.23. The first-order chi connectivity index (χ1) is 5.07. The minimum Gasteiger partial charge on any atom is -0.462 e. The van der Waals surface area contributed by atoms with Gasteiger partial charge in [-0.1, -0.05) is 0 Å². The van der Waals surface area contributed by atoms with Crippen LogP contribution in [0.2, 0.25) is 0 Å². The SMILES string of the molecule is COC(C)COC(=O)[C@H](C)N. The molecule has 0 aliphatic rings. The number of hydrogen-bond acceptors (Lipinski definition) is 4. The molecular weight excluding hydrogens is 146 g/mol. The first-order valence-electron chi connectivity index (χ1n) is 3.53. The first kappa shape index (κ1) is 10.4. The van der Waals surface area contributed by atoms with Gasteiger partial charge in [0.05, 0.1) is 6.10 Å². The Morgan fingerprint density at radius 3 is 2.45 bits per heavy atom. The van der Waals surface area contributed by atoms with Gasteiger partial charge in [0.1, 0.15) is 12.6 Å². The number of methoxy groups -OCH3 is 1. The summed E-state index contributed by atoms with van der Waals surface area (Å²) in [7, 11) is 1.56. The standard InChI is InChI=1S/C7H15NO3/c1-5(10-3)4-11-7(9)6(2)8/h5-6H,4,8H2,1-3H3/t5?,6-/m0/s1. The number of hydrogen-bond donors (Lipinski definition) is 1. The zero-order valence-electron chi connectivity index (χ0n) is 7.16. The summed E-state index contributed by atoms with van der Waals surface area (Å²) in [4.78, 5) is 10.8. The maximum atomic E-state index is 10.8. The van der Waals surface area contributed by atoms with E-state index < -0.39 is 12.0 Å². The van der Waals surface area contributed by atoms with Crippen LogP contribution in [0.4, 0.5) is 0 Å². The largest absolute Gasteiger partial charge is 0.462 e. The average molecular weight is 161 g/mol. The molecule has 0 spiro atoms. The van der Waals surface area contributed by atoms with Gasteiger partial charge in [0.25, 0.3) is 0 Å². The summed E-state index contributed by atoms with van der Waals surface area (Å²) in [6.07, 6.45) is -0.0716. The van der Waals surface area contributed by atoms with Crippen molar-refractivity contribution in [3.63, 3.8) is 0 Å². The molecule has 0 rings (SSSR count). The van der Waals surface area contributed by atoms with Crippen LogP contribution in [0.1, 0.15) is 13.8 Å². The number of carbonyl (C=O) groups excluding carboxylic acids is 1. The molecule has 4 heteroatoms. The van der Waals surface area contributed by atoms with Crippen LogP contribution in [0.5, 0.6) is 0 Å². The van der Waals surface area contributed by atoms with E-state index in [9.17, 15) is 4.79 Å². The van der Waals surface area contributed by atoms with Crippen LogP contribution in [0, 0.1) is 0 Å². The first-order valence-corrected chi connectivity index (χ1v) is 3.53. The lowest BCUT2D eigenvalue weighted by Crippen LogP contribution is -2.31. The van der Waals surface area contributed by atoms with Crippen molar-refractivity contribution in [2.24, 2.45) is 5.73 Å². The number of nitrogens with two attached hydrogens (primary N) is 1. The van der Waals surface area contributed by atoms with Crippen molar-refractivity contribution in [2.45, 2.75) is 26.0 Å². The second-order valence-electron chi connectivity index (χ2n) is 2.47. The van der Waals surface area contributed by atoms with Crippen molar-refractivity contribution in [2.75, 3.05) is 13.7 Å². The Morgan fingerprint density at radius 2 is 2.09 bits per heavy atom. The molecule has 0 amide bonds. The smallest absolute Gasteiger partial charge is 0.322 e. The Hall–Kier alpha value is -0.610. The maximum absolute atomic E-state index is 10.8. The van der Waals surface area contributed by atoms with Gasteiger partial charge in [-0.25, -0.2) is 0 Å². The van der Waals surface area contributed by atoms with Gasteiger partial charge in [-0.2, -0.15) is 0 Å². The van der Waals surface area contributed by atoms with Gasteiger partial charge in [0.2, 0.25) is 0 Å². The molecule has 0 aromatic heterocycles. The van der Waals surface area contributed by atoms with Crippen LogP contribution in [-0.4, -0.2) is 31.8 Å². The molecule has 2 atom stereocenters. The van der Waals surface area contributed by atoms with Crippen molar-refractivity contribution in [1.29, 1.82) is 0 Å². The Kier molecular flexibility index (Phi) is 4.81. The Bertz CT molecular complexity index is 125. The molecule has 1 unspecified atom stereocenters. The number of ether oxygens (including phenoxy) is 2. The van der Waals surface area contributed by atoms with Gasteiger partial charge in [0.15, 0.2) is 0 Å². The van der Waals surface area contributed by atoms with Gasteiger partial charge in [-0.15, -0.1) is 0 Å². The van der Waals surface area contributed by atoms with Crippen molar-refractivity contribution < 1.29 is 14.3 Å².